The minimum Gasteiger partial charge on any atom is -0.386 e. The van der Waals surface area contributed by atoms with Gasteiger partial charge in [0.25, 0.3) is 5.56 Å². The molecule has 0 spiro atoms. The number of aliphatic hydroxyl groups excluding tert-OH is 1. The number of rotatable bonds is 4. The molecule has 1 N–H and O–H groups in total. The Morgan fingerprint density at radius 1 is 1.32 bits per heavy atom. The van der Waals surface area contributed by atoms with Crippen molar-refractivity contribution in [3.63, 3.8) is 0 Å². The Labute approximate surface area is 130 Å². The summed E-state index contributed by atoms with van der Waals surface area (Å²) in [6.07, 6.45) is 6.33. The fraction of sp³-hybridized carbons (Fsp3) is 0.444. The number of fused-ring (bicyclic) bond motifs is 1. The monoisotopic (exact) mass is 298 g/mol. The molecule has 0 radical (unpaired) electrons. The number of para-hydroxylation sites is 2. The smallest absolute Gasteiger partial charge is 0.275 e. The molecule has 3 rings (SSSR count). The second kappa shape index (κ2) is 6.44. The molecule has 0 saturated heterocycles. The highest BCUT2D eigenvalue weighted by Crippen LogP contribution is 2.33. The predicted molar refractivity (Wildman–Crippen MR) is 87.7 cm³/mol. The molecule has 1 saturated carbocycles. The molecular weight excluding hydrogens is 276 g/mol. The fourth-order valence-corrected chi connectivity index (χ4v) is 3.39. The van der Waals surface area contributed by atoms with Crippen molar-refractivity contribution < 1.29 is 5.11 Å². The lowest BCUT2D eigenvalue weighted by Gasteiger charge is -2.26. The molecule has 1 aliphatic rings. The second-order valence-corrected chi connectivity index (χ2v) is 6.03. The average molecular weight is 298 g/mol. The number of aliphatic hydroxyl groups is 1. The highest BCUT2D eigenvalue weighted by atomic mass is 16.3. The van der Waals surface area contributed by atoms with E-state index in [-0.39, 0.29) is 17.2 Å². The van der Waals surface area contributed by atoms with Gasteiger partial charge in [-0.1, -0.05) is 37.5 Å². The zero-order valence-corrected chi connectivity index (χ0v) is 12.7. The Hall–Kier alpha value is -1.94. The third kappa shape index (κ3) is 2.71. The van der Waals surface area contributed by atoms with Crippen molar-refractivity contribution in [2.24, 2.45) is 5.92 Å². The van der Waals surface area contributed by atoms with Crippen LogP contribution in [0.1, 0.15) is 43.9 Å². The van der Waals surface area contributed by atoms with E-state index in [0.29, 0.717) is 6.54 Å². The first-order valence-electron chi connectivity index (χ1n) is 8.01. The molecule has 4 heteroatoms. The summed E-state index contributed by atoms with van der Waals surface area (Å²) in [6, 6.07) is 7.55. The zero-order valence-electron chi connectivity index (χ0n) is 12.7. The van der Waals surface area contributed by atoms with Crippen LogP contribution in [0.25, 0.3) is 11.0 Å². The van der Waals surface area contributed by atoms with E-state index < -0.39 is 6.10 Å². The maximum Gasteiger partial charge on any atom is 0.275 e. The lowest BCUT2D eigenvalue weighted by molar-refractivity contribution is 0.0797. The first-order valence-corrected chi connectivity index (χ1v) is 8.01. The Bertz CT molecular complexity index is 729. The number of hydrogen-bond donors (Lipinski definition) is 1. The minimum atomic E-state index is -0.770. The topological polar surface area (TPSA) is 55.1 Å². The lowest BCUT2D eigenvalue weighted by Crippen LogP contribution is -2.30. The van der Waals surface area contributed by atoms with E-state index in [1.165, 1.54) is 6.42 Å². The standard InChI is InChI=1S/C18H22N2O2/c1-2-12-20-15-11-7-6-10-14(15)19-16(18(20)22)17(21)13-8-4-3-5-9-13/h2,6-7,10-11,13,17,21H,1,3-5,8-9,12H2. The van der Waals surface area contributed by atoms with Crippen molar-refractivity contribution in [1.82, 2.24) is 9.55 Å². The van der Waals surface area contributed by atoms with Gasteiger partial charge in [-0.05, 0) is 30.9 Å². The summed E-state index contributed by atoms with van der Waals surface area (Å²) >= 11 is 0. The summed E-state index contributed by atoms with van der Waals surface area (Å²) in [4.78, 5) is 17.2. The van der Waals surface area contributed by atoms with Crippen LogP contribution in [0, 0.1) is 5.92 Å². The van der Waals surface area contributed by atoms with Gasteiger partial charge in [0.05, 0.1) is 11.0 Å². The fourth-order valence-electron chi connectivity index (χ4n) is 3.39. The first kappa shape index (κ1) is 15.0. The highest BCUT2D eigenvalue weighted by molar-refractivity contribution is 5.74. The summed E-state index contributed by atoms with van der Waals surface area (Å²) < 4.78 is 1.65. The first-order chi connectivity index (χ1) is 10.7. The molecule has 1 unspecified atom stereocenters. The van der Waals surface area contributed by atoms with Gasteiger partial charge in [-0.15, -0.1) is 6.58 Å². The predicted octanol–water partition coefficient (Wildman–Crippen LogP) is 3.20. The Balaban J connectivity index is 2.10. The Morgan fingerprint density at radius 2 is 2.05 bits per heavy atom. The maximum atomic E-state index is 12.7. The van der Waals surface area contributed by atoms with Gasteiger partial charge in [-0.2, -0.15) is 0 Å². The Morgan fingerprint density at radius 3 is 2.77 bits per heavy atom. The molecule has 1 atom stereocenters. The van der Waals surface area contributed by atoms with Crippen LogP contribution in [0.3, 0.4) is 0 Å². The molecule has 1 aliphatic carbocycles. The molecule has 1 heterocycles. The molecule has 0 amide bonds. The van der Waals surface area contributed by atoms with Crippen LogP contribution in [0.2, 0.25) is 0 Å². The van der Waals surface area contributed by atoms with E-state index in [0.717, 1.165) is 36.7 Å². The largest absolute Gasteiger partial charge is 0.386 e. The molecule has 1 fully saturated rings. The number of aromatic nitrogens is 2. The van der Waals surface area contributed by atoms with Gasteiger partial charge >= 0.3 is 0 Å². The third-order valence-corrected chi connectivity index (χ3v) is 4.57. The molecule has 2 aromatic rings. The van der Waals surface area contributed by atoms with E-state index in [1.54, 1.807) is 10.6 Å². The number of nitrogens with zero attached hydrogens (tertiary/aromatic N) is 2. The van der Waals surface area contributed by atoms with Crippen molar-refractivity contribution in [2.45, 2.75) is 44.8 Å². The van der Waals surface area contributed by atoms with Gasteiger partial charge in [0, 0.05) is 6.54 Å². The van der Waals surface area contributed by atoms with Crippen LogP contribution in [0.5, 0.6) is 0 Å². The molecule has 1 aromatic carbocycles. The van der Waals surface area contributed by atoms with Crippen molar-refractivity contribution in [2.75, 3.05) is 0 Å². The van der Waals surface area contributed by atoms with E-state index in [2.05, 4.69) is 11.6 Å². The molecule has 22 heavy (non-hydrogen) atoms. The Kier molecular flexibility index (Phi) is 4.39. The quantitative estimate of drug-likeness (QED) is 0.882. The van der Waals surface area contributed by atoms with Crippen LogP contribution in [-0.2, 0) is 6.54 Å². The van der Waals surface area contributed by atoms with E-state index in [4.69, 9.17) is 0 Å². The zero-order chi connectivity index (χ0) is 15.5. The van der Waals surface area contributed by atoms with Gasteiger partial charge in [-0.25, -0.2) is 4.98 Å². The summed E-state index contributed by atoms with van der Waals surface area (Å²) in [5.41, 5.74) is 1.62. The third-order valence-electron chi connectivity index (χ3n) is 4.57. The summed E-state index contributed by atoms with van der Waals surface area (Å²) in [7, 11) is 0. The summed E-state index contributed by atoms with van der Waals surface area (Å²) in [5, 5.41) is 10.7. The van der Waals surface area contributed by atoms with Crippen LogP contribution >= 0.6 is 0 Å². The van der Waals surface area contributed by atoms with Gasteiger partial charge in [-0.3, -0.25) is 4.79 Å². The number of hydrogen-bond acceptors (Lipinski definition) is 3. The SMILES string of the molecule is C=CCn1c(=O)c(C(O)C2CCCCC2)nc2ccccc21. The maximum absolute atomic E-state index is 12.7. The van der Waals surface area contributed by atoms with E-state index >= 15 is 0 Å². The van der Waals surface area contributed by atoms with Crippen molar-refractivity contribution in [3.8, 4) is 0 Å². The molecular formula is C18H22N2O2. The van der Waals surface area contributed by atoms with Crippen LogP contribution in [0.15, 0.2) is 41.7 Å². The molecule has 0 bridgehead atoms. The normalized spacial score (nSPS) is 17.5. The highest BCUT2D eigenvalue weighted by Gasteiger charge is 2.27. The molecule has 4 nitrogen and oxygen atoms in total. The second-order valence-electron chi connectivity index (χ2n) is 6.03. The van der Waals surface area contributed by atoms with Gasteiger partial charge in [0.2, 0.25) is 0 Å². The number of allylic oxidation sites excluding steroid dienone is 1. The van der Waals surface area contributed by atoms with Gasteiger partial charge in [0.1, 0.15) is 11.8 Å². The van der Waals surface area contributed by atoms with E-state index in [9.17, 15) is 9.90 Å². The average Bonchev–Trinajstić information content (AvgIpc) is 2.57. The molecule has 1 aromatic heterocycles. The van der Waals surface area contributed by atoms with E-state index in [1.807, 2.05) is 24.3 Å². The lowest BCUT2D eigenvalue weighted by atomic mass is 9.84. The van der Waals surface area contributed by atoms with Crippen LogP contribution < -0.4 is 5.56 Å². The van der Waals surface area contributed by atoms with Gasteiger partial charge < -0.3 is 9.67 Å². The summed E-state index contributed by atoms with van der Waals surface area (Å²) in [6.45, 7) is 4.15. The van der Waals surface area contributed by atoms with Gasteiger partial charge in [0.15, 0.2) is 0 Å². The van der Waals surface area contributed by atoms with Crippen LogP contribution in [0.4, 0.5) is 0 Å². The van der Waals surface area contributed by atoms with Crippen LogP contribution in [-0.4, -0.2) is 14.7 Å². The minimum absolute atomic E-state index is 0.146. The molecule has 116 valence electrons. The number of benzene rings is 1. The van der Waals surface area contributed by atoms with Crippen molar-refractivity contribution >= 4 is 11.0 Å². The summed E-state index contributed by atoms with van der Waals surface area (Å²) in [5.74, 6) is 0.146. The van der Waals surface area contributed by atoms with Crippen molar-refractivity contribution in [1.29, 1.82) is 0 Å². The van der Waals surface area contributed by atoms with Crippen molar-refractivity contribution in [3.05, 3.63) is 53.0 Å². The molecule has 0 aliphatic heterocycles.